The van der Waals surface area contributed by atoms with E-state index in [4.69, 9.17) is 5.73 Å². The molecular weight excluding hydrogens is 212 g/mol. The van der Waals surface area contributed by atoms with Crippen molar-refractivity contribution in [1.82, 2.24) is 4.90 Å². The zero-order valence-electron chi connectivity index (χ0n) is 10.7. The van der Waals surface area contributed by atoms with E-state index in [2.05, 4.69) is 4.90 Å². The molecule has 0 amide bonds. The third-order valence-corrected chi connectivity index (χ3v) is 5.26. The van der Waals surface area contributed by atoms with E-state index in [-0.39, 0.29) is 18.7 Å². The van der Waals surface area contributed by atoms with Gasteiger partial charge in [-0.25, -0.2) is 0 Å². The summed E-state index contributed by atoms with van der Waals surface area (Å²) in [5, 5.41) is 9.72. The van der Waals surface area contributed by atoms with Crippen molar-refractivity contribution in [3.05, 3.63) is 0 Å². The van der Waals surface area contributed by atoms with E-state index >= 15 is 0 Å². The fourth-order valence-electron chi connectivity index (χ4n) is 4.15. The van der Waals surface area contributed by atoms with Gasteiger partial charge in [0.2, 0.25) is 0 Å². The van der Waals surface area contributed by atoms with Gasteiger partial charge in [0.15, 0.2) is 0 Å². The average Bonchev–Trinajstić information content (AvgIpc) is 3.08. The molecule has 2 aliphatic carbocycles. The lowest BCUT2D eigenvalue weighted by Crippen LogP contribution is -2.57. The second-order valence-electron chi connectivity index (χ2n) is 6.30. The highest BCUT2D eigenvalue weighted by Gasteiger charge is 2.42. The Morgan fingerprint density at radius 2 is 1.88 bits per heavy atom. The molecule has 3 fully saturated rings. The fraction of sp³-hybridized carbons (Fsp3) is 1.00. The van der Waals surface area contributed by atoms with E-state index in [0.29, 0.717) is 5.92 Å². The zero-order chi connectivity index (χ0) is 11.8. The number of piperidine rings is 1. The smallest absolute Gasteiger partial charge is 0.0602 e. The second-order valence-corrected chi connectivity index (χ2v) is 6.30. The molecule has 4 unspecified atom stereocenters. The predicted molar refractivity (Wildman–Crippen MR) is 68.6 cm³/mol. The predicted octanol–water partition coefficient (Wildman–Crippen LogP) is 1.35. The van der Waals surface area contributed by atoms with Gasteiger partial charge in [-0.05, 0) is 56.9 Å². The van der Waals surface area contributed by atoms with E-state index in [9.17, 15) is 5.11 Å². The fourth-order valence-corrected chi connectivity index (χ4v) is 4.15. The zero-order valence-corrected chi connectivity index (χ0v) is 10.7. The quantitative estimate of drug-likeness (QED) is 0.777. The molecule has 4 atom stereocenters. The first kappa shape index (κ1) is 11.9. The summed E-state index contributed by atoms with van der Waals surface area (Å²) < 4.78 is 0. The summed E-state index contributed by atoms with van der Waals surface area (Å²) in [7, 11) is 0. The molecule has 17 heavy (non-hydrogen) atoms. The van der Waals surface area contributed by atoms with Gasteiger partial charge >= 0.3 is 0 Å². The number of nitrogens with zero attached hydrogens (tertiary/aromatic N) is 1. The molecule has 3 N–H and O–H groups in total. The van der Waals surface area contributed by atoms with Crippen LogP contribution in [0, 0.1) is 11.8 Å². The van der Waals surface area contributed by atoms with Gasteiger partial charge in [-0.3, -0.25) is 4.90 Å². The molecule has 0 aromatic rings. The molecule has 3 nitrogen and oxygen atoms in total. The highest BCUT2D eigenvalue weighted by atomic mass is 16.3. The minimum Gasteiger partial charge on any atom is -0.395 e. The SMILES string of the molecule is NC(C1CC1)C(CO)N1CCCC2CCCC21. The number of aliphatic hydroxyl groups is 1. The topological polar surface area (TPSA) is 49.5 Å². The monoisotopic (exact) mass is 238 g/mol. The van der Waals surface area contributed by atoms with E-state index < -0.39 is 0 Å². The number of likely N-dealkylation sites (tertiary alicyclic amines) is 1. The highest BCUT2D eigenvalue weighted by Crippen LogP contribution is 2.40. The molecule has 0 aromatic carbocycles. The molecule has 3 aliphatic rings. The van der Waals surface area contributed by atoms with Crippen molar-refractivity contribution < 1.29 is 5.11 Å². The van der Waals surface area contributed by atoms with Crippen LogP contribution in [0.4, 0.5) is 0 Å². The van der Waals surface area contributed by atoms with Gasteiger partial charge in [0.1, 0.15) is 0 Å². The lowest BCUT2D eigenvalue weighted by Gasteiger charge is -2.44. The van der Waals surface area contributed by atoms with Crippen LogP contribution in [0.1, 0.15) is 44.9 Å². The standard InChI is InChI=1S/C14H26N2O/c15-14(11-6-7-11)13(9-17)16-8-2-4-10-3-1-5-12(10)16/h10-14,17H,1-9,15H2. The molecule has 2 saturated carbocycles. The Bertz CT molecular complexity index is 267. The van der Waals surface area contributed by atoms with Gasteiger partial charge < -0.3 is 10.8 Å². The lowest BCUT2D eigenvalue weighted by molar-refractivity contribution is 0.0223. The summed E-state index contributed by atoms with van der Waals surface area (Å²) in [5.74, 6) is 1.58. The van der Waals surface area contributed by atoms with E-state index in [1.807, 2.05) is 0 Å². The first-order valence-electron chi connectivity index (χ1n) is 7.43. The first-order chi connectivity index (χ1) is 8.31. The van der Waals surface area contributed by atoms with Gasteiger partial charge in [0.25, 0.3) is 0 Å². The second kappa shape index (κ2) is 4.87. The number of hydrogen-bond donors (Lipinski definition) is 2. The summed E-state index contributed by atoms with van der Waals surface area (Å²) in [4.78, 5) is 2.57. The molecule has 98 valence electrons. The first-order valence-corrected chi connectivity index (χ1v) is 7.43. The van der Waals surface area contributed by atoms with Crippen molar-refractivity contribution in [3.8, 4) is 0 Å². The number of fused-ring (bicyclic) bond motifs is 1. The van der Waals surface area contributed by atoms with Crippen molar-refractivity contribution in [2.24, 2.45) is 17.6 Å². The number of nitrogens with two attached hydrogens (primary N) is 1. The Labute approximate surface area is 104 Å². The van der Waals surface area contributed by atoms with Crippen molar-refractivity contribution in [2.45, 2.75) is 63.1 Å². The van der Waals surface area contributed by atoms with Crippen LogP contribution in [0.15, 0.2) is 0 Å². The van der Waals surface area contributed by atoms with E-state index in [1.54, 1.807) is 0 Å². The van der Waals surface area contributed by atoms with Crippen LogP contribution in [-0.4, -0.2) is 41.3 Å². The maximum atomic E-state index is 9.72. The van der Waals surface area contributed by atoms with Crippen molar-refractivity contribution in [2.75, 3.05) is 13.2 Å². The molecule has 0 bridgehead atoms. The maximum absolute atomic E-state index is 9.72. The number of hydrogen-bond acceptors (Lipinski definition) is 3. The summed E-state index contributed by atoms with van der Waals surface area (Å²) in [6.45, 7) is 1.41. The van der Waals surface area contributed by atoms with Crippen LogP contribution in [0.5, 0.6) is 0 Å². The van der Waals surface area contributed by atoms with Gasteiger partial charge in [-0.15, -0.1) is 0 Å². The Morgan fingerprint density at radius 1 is 1.12 bits per heavy atom. The van der Waals surface area contributed by atoms with Crippen LogP contribution in [0.25, 0.3) is 0 Å². The molecule has 1 heterocycles. The average molecular weight is 238 g/mol. The molecule has 0 radical (unpaired) electrons. The van der Waals surface area contributed by atoms with E-state index in [0.717, 1.165) is 18.5 Å². The molecule has 1 saturated heterocycles. The molecule has 3 heteroatoms. The minimum absolute atomic E-state index is 0.208. The molecule has 0 aromatic heterocycles. The van der Waals surface area contributed by atoms with Crippen molar-refractivity contribution >= 4 is 0 Å². The summed E-state index contributed by atoms with van der Waals surface area (Å²) in [5.41, 5.74) is 6.35. The maximum Gasteiger partial charge on any atom is 0.0602 e. The third kappa shape index (κ3) is 2.25. The minimum atomic E-state index is 0.208. The van der Waals surface area contributed by atoms with Crippen LogP contribution in [0.3, 0.4) is 0 Å². The highest BCUT2D eigenvalue weighted by molar-refractivity contribution is 4.98. The van der Waals surface area contributed by atoms with Gasteiger partial charge in [-0.1, -0.05) is 6.42 Å². The van der Waals surface area contributed by atoms with Crippen LogP contribution in [-0.2, 0) is 0 Å². The van der Waals surface area contributed by atoms with Crippen molar-refractivity contribution in [1.29, 1.82) is 0 Å². The molecule has 1 aliphatic heterocycles. The Morgan fingerprint density at radius 3 is 2.59 bits per heavy atom. The molecule has 3 rings (SSSR count). The normalized spacial score (nSPS) is 37.8. The molecular formula is C14H26N2O. The van der Waals surface area contributed by atoms with Crippen molar-refractivity contribution in [3.63, 3.8) is 0 Å². The van der Waals surface area contributed by atoms with E-state index in [1.165, 1.54) is 44.9 Å². The Kier molecular flexibility index (Phi) is 3.42. The Hall–Kier alpha value is -0.120. The summed E-state index contributed by atoms with van der Waals surface area (Å²) in [6, 6.07) is 1.17. The van der Waals surface area contributed by atoms with Gasteiger partial charge in [0, 0.05) is 18.1 Å². The third-order valence-electron chi connectivity index (χ3n) is 5.26. The van der Waals surface area contributed by atoms with Crippen LogP contribution < -0.4 is 5.73 Å². The summed E-state index contributed by atoms with van der Waals surface area (Å²) in [6.07, 6.45) is 9.37. The van der Waals surface area contributed by atoms with Crippen LogP contribution >= 0.6 is 0 Å². The van der Waals surface area contributed by atoms with Gasteiger partial charge in [0.05, 0.1) is 6.61 Å². The van der Waals surface area contributed by atoms with Crippen LogP contribution in [0.2, 0.25) is 0 Å². The number of rotatable bonds is 4. The Balaban J connectivity index is 1.70. The molecule has 0 spiro atoms. The van der Waals surface area contributed by atoms with Gasteiger partial charge in [-0.2, -0.15) is 0 Å². The number of aliphatic hydroxyl groups excluding tert-OH is 1. The largest absolute Gasteiger partial charge is 0.395 e. The summed E-state index contributed by atoms with van der Waals surface area (Å²) >= 11 is 0. The lowest BCUT2D eigenvalue weighted by atomic mass is 9.89.